The molecule has 0 fully saturated rings. The van der Waals surface area contributed by atoms with E-state index in [1.54, 1.807) is 12.1 Å². The number of nitro groups is 1. The molecule has 0 amide bonds. The van der Waals surface area contributed by atoms with Gasteiger partial charge in [0.05, 0.1) is 11.5 Å². The van der Waals surface area contributed by atoms with Gasteiger partial charge in [0.15, 0.2) is 0 Å². The van der Waals surface area contributed by atoms with E-state index in [-0.39, 0.29) is 5.69 Å². The summed E-state index contributed by atoms with van der Waals surface area (Å²) in [5, 5.41) is 11.4. The van der Waals surface area contributed by atoms with E-state index in [4.69, 9.17) is 6.42 Å². The lowest BCUT2D eigenvalue weighted by Gasteiger charge is -1.98. The standard InChI is InChI=1S/C11H8N2O2/c1-2-6-12-7-5-9-8-10(13(14)15)3-4-11(9)12/h1,3-5,7-8H,6H2. The molecule has 0 spiro atoms. The largest absolute Gasteiger partial charge is 0.336 e. The first kappa shape index (κ1) is 9.28. The predicted octanol–water partition coefficient (Wildman–Crippen LogP) is 2.18. The maximum Gasteiger partial charge on any atom is 0.270 e. The van der Waals surface area contributed by atoms with E-state index in [2.05, 4.69) is 5.92 Å². The highest BCUT2D eigenvalue weighted by Gasteiger charge is 2.07. The highest BCUT2D eigenvalue weighted by molar-refractivity contribution is 5.82. The second-order valence-electron chi connectivity index (χ2n) is 3.15. The molecule has 0 radical (unpaired) electrons. The maximum absolute atomic E-state index is 10.5. The van der Waals surface area contributed by atoms with Crippen LogP contribution in [0, 0.1) is 22.5 Å². The Morgan fingerprint density at radius 1 is 1.47 bits per heavy atom. The minimum Gasteiger partial charge on any atom is -0.336 e. The van der Waals surface area contributed by atoms with Gasteiger partial charge in [-0.15, -0.1) is 6.42 Å². The van der Waals surface area contributed by atoms with Gasteiger partial charge in [0.25, 0.3) is 5.69 Å². The van der Waals surface area contributed by atoms with Gasteiger partial charge < -0.3 is 4.57 Å². The third kappa shape index (κ3) is 1.55. The third-order valence-corrected chi connectivity index (χ3v) is 2.23. The quantitative estimate of drug-likeness (QED) is 0.423. The molecule has 0 saturated heterocycles. The lowest BCUT2D eigenvalue weighted by Crippen LogP contribution is -1.92. The number of non-ortho nitro benzene ring substituents is 1. The smallest absolute Gasteiger partial charge is 0.270 e. The Labute approximate surface area is 86.3 Å². The van der Waals surface area contributed by atoms with Crippen molar-refractivity contribution in [3.8, 4) is 12.3 Å². The zero-order valence-corrected chi connectivity index (χ0v) is 7.88. The van der Waals surface area contributed by atoms with Crippen LogP contribution >= 0.6 is 0 Å². The van der Waals surface area contributed by atoms with Crippen LogP contribution in [0.5, 0.6) is 0 Å². The monoisotopic (exact) mass is 200 g/mol. The molecule has 0 aliphatic rings. The zero-order valence-electron chi connectivity index (χ0n) is 7.88. The van der Waals surface area contributed by atoms with Crippen LogP contribution in [0.15, 0.2) is 30.5 Å². The van der Waals surface area contributed by atoms with Crippen molar-refractivity contribution in [1.82, 2.24) is 4.57 Å². The number of nitrogens with zero attached hydrogens (tertiary/aromatic N) is 2. The summed E-state index contributed by atoms with van der Waals surface area (Å²) in [6, 6.07) is 6.56. The summed E-state index contributed by atoms with van der Waals surface area (Å²) >= 11 is 0. The first-order valence-electron chi connectivity index (χ1n) is 4.39. The van der Waals surface area contributed by atoms with Crippen molar-refractivity contribution in [1.29, 1.82) is 0 Å². The number of hydrogen-bond donors (Lipinski definition) is 0. The average Bonchev–Trinajstić information content (AvgIpc) is 2.61. The van der Waals surface area contributed by atoms with Gasteiger partial charge in [0.1, 0.15) is 0 Å². The van der Waals surface area contributed by atoms with Gasteiger partial charge in [0.2, 0.25) is 0 Å². The van der Waals surface area contributed by atoms with Crippen molar-refractivity contribution >= 4 is 16.6 Å². The molecule has 74 valence electrons. The average molecular weight is 200 g/mol. The Balaban J connectivity index is 2.57. The number of nitro benzene ring substituents is 1. The molecule has 0 aliphatic heterocycles. The molecular formula is C11H8N2O2. The van der Waals surface area contributed by atoms with Crippen molar-refractivity contribution in [3.05, 3.63) is 40.6 Å². The topological polar surface area (TPSA) is 48.1 Å². The van der Waals surface area contributed by atoms with Crippen molar-refractivity contribution in [2.24, 2.45) is 0 Å². The molecular weight excluding hydrogens is 192 g/mol. The predicted molar refractivity (Wildman–Crippen MR) is 57.4 cm³/mol. The van der Waals surface area contributed by atoms with Crippen molar-refractivity contribution in [3.63, 3.8) is 0 Å². The maximum atomic E-state index is 10.5. The Morgan fingerprint density at radius 3 is 2.93 bits per heavy atom. The summed E-state index contributed by atoms with van der Waals surface area (Å²) in [6.45, 7) is 0.474. The van der Waals surface area contributed by atoms with E-state index in [9.17, 15) is 10.1 Å². The van der Waals surface area contributed by atoms with Crippen LogP contribution in [0.3, 0.4) is 0 Å². The summed E-state index contributed by atoms with van der Waals surface area (Å²) in [6.07, 6.45) is 7.04. The fraction of sp³-hybridized carbons (Fsp3) is 0.0909. The summed E-state index contributed by atoms with van der Waals surface area (Å²) in [7, 11) is 0. The van der Waals surface area contributed by atoms with Crippen LogP contribution in [0.4, 0.5) is 5.69 Å². The van der Waals surface area contributed by atoms with E-state index in [1.807, 2.05) is 16.8 Å². The van der Waals surface area contributed by atoms with Crippen LogP contribution in [0.2, 0.25) is 0 Å². The van der Waals surface area contributed by atoms with Crippen LogP contribution in [0.25, 0.3) is 10.9 Å². The fourth-order valence-electron chi connectivity index (χ4n) is 1.54. The van der Waals surface area contributed by atoms with Gasteiger partial charge in [-0.3, -0.25) is 10.1 Å². The SMILES string of the molecule is C#CCn1ccc2cc([N+](=O)[O-])ccc21. The lowest BCUT2D eigenvalue weighted by molar-refractivity contribution is -0.384. The first-order chi connectivity index (χ1) is 7.22. The molecule has 1 aromatic heterocycles. The van der Waals surface area contributed by atoms with Crippen molar-refractivity contribution in [2.45, 2.75) is 6.54 Å². The Bertz CT molecular complexity index is 563. The van der Waals surface area contributed by atoms with Crippen molar-refractivity contribution < 1.29 is 4.92 Å². The summed E-state index contributed by atoms with van der Waals surface area (Å²) in [5.41, 5.74) is 1.01. The van der Waals surface area contributed by atoms with E-state index >= 15 is 0 Å². The molecule has 4 nitrogen and oxygen atoms in total. The molecule has 2 rings (SSSR count). The number of terminal acetylenes is 1. The summed E-state index contributed by atoms with van der Waals surface area (Å²) in [4.78, 5) is 10.1. The van der Waals surface area contributed by atoms with Gasteiger partial charge in [-0.1, -0.05) is 5.92 Å². The van der Waals surface area contributed by atoms with E-state index in [1.165, 1.54) is 6.07 Å². The highest BCUT2D eigenvalue weighted by atomic mass is 16.6. The zero-order chi connectivity index (χ0) is 10.8. The van der Waals surface area contributed by atoms with Gasteiger partial charge >= 0.3 is 0 Å². The number of rotatable bonds is 2. The number of hydrogen-bond acceptors (Lipinski definition) is 2. The van der Waals surface area contributed by atoms with Crippen LogP contribution in [-0.2, 0) is 6.54 Å². The molecule has 0 saturated carbocycles. The Hall–Kier alpha value is -2.28. The second kappa shape index (κ2) is 3.46. The summed E-state index contributed by atoms with van der Waals surface area (Å²) in [5.74, 6) is 2.53. The second-order valence-corrected chi connectivity index (χ2v) is 3.15. The van der Waals surface area contributed by atoms with Crippen LogP contribution in [0.1, 0.15) is 0 Å². The molecule has 15 heavy (non-hydrogen) atoms. The molecule has 0 N–H and O–H groups in total. The number of benzene rings is 1. The van der Waals surface area contributed by atoms with E-state index < -0.39 is 4.92 Å². The van der Waals surface area contributed by atoms with Gasteiger partial charge in [-0.25, -0.2) is 0 Å². The molecule has 0 atom stereocenters. The van der Waals surface area contributed by atoms with E-state index in [0.29, 0.717) is 6.54 Å². The van der Waals surface area contributed by atoms with Crippen LogP contribution in [-0.4, -0.2) is 9.49 Å². The molecule has 0 bridgehead atoms. The number of fused-ring (bicyclic) bond motifs is 1. The molecule has 4 heteroatoms. The van der Waals surface area contributed by atoms with Gasteiger partial charge in [0, 0.05) is 29.2 Å². The molecule has 1 heterocycles. The molecule has 2 aromatic rings. The normalized spacial score (nSPS) is 10.1. The Kier molecular flexibility index (Phi) is 2.14. The van der Waals surface area contributed by atoms with Gasteiger partial charge in [-0.05, 0) is 12.1 Å². The minimum atomic E-state index is -0.405. The minimum absolute atomic E-state index is 0.0981. The Morgan fingerprint density at radius 2 is 2.27 bits per heavy atom. The van der Waals surface area contributed by atoms with Gasteiger partial charge in [-0.2, -0.15) is 0 Å². The van der Waals surface area contributed by atoms with Crippen molar-refractivity contribution in [2.75, 3.05) is 0 Å². The number of aromatic nitrogens is 1. The lowest BCUT2D eigenvalue weighted by atomic mass is 10.2. The van der Waals surface area contributed by atoms with E-state index in [0.717, 1.165) is 10.9 Å². The molecule has 0 aliphatic carbocycles. The molecule has 1 aromatic carbocycles. The first-order valence-corrected chi connectivity index (χ1v) is 4.39. The highest BCUT2D eigenvalue weighted by Crippen LogP contribution is 2.21. The fourth-order valence-corrected chi connectivity index (χ4v) is 1.54. The summed E-state index contributed by atoms with van der Waals surface area (Å²) < 4.78 is 1.87. The third-order valence-electron chi connectivity index (χ3n) is 2.23. The molecule has 0 unspecified atom stereocenters. The van der Waals surface area contributed by atoms with Crippen LogP contribution < -0.4 is 0 Å².